The van der Waals surface area contributed by atoms with E-state index in [1.54, 1.807) is 0 Å². The molecule has 1 aliphatic carbocycles. The lowest BCUT2D eigenvalue weighted by molar-refractivity contribution is -0.137. The molecule has 3 heteroatoms. The van der Waals surface area contributed by atoms with Crippen molar-refractivity contribution in [3.8, 4) is 0 Å². The van der Waals surface area contributed by atoms with Crippen LogP contribution in [0.15, 0.2) is 0 Å². The summed E-state index contributed by atoms with van der Waals surface area (Å²) in [4.78, 5) is 10.8. The Balaban J connectivity index is 2.59. The van der Waals surface area contributed by atoms with Gasteiger partial charge in [0.1, 0.15) is 5.60 Å². The topological polar surface area (TPSA) is 63.3 Å². The predicted molar refractivity (Wildman–Crippen MR) is 41.8 cm³/mol. The smallest absolute Gasteiger partial charge is 0.249 e. The van der Waals surface area contributed by atoms with E-state index >= 15 is 0 Å². The van der Waals surface area contributed by atoms with Crippen LogP contribution in [0.5, 0.6) is 0 Å². The van der Waals surface area contributed by atoms with Crippen molar-refractivity contribution in [2.75, 3.05) is 0 Å². The van der Waals surface area contributed by atoms with Crippen LogP contribution in [0.4, 0.5) is 0 Å². The highest BCUT2D eigenvalue weighted by molar-refractivity contribution is 5.83. The van der Waals surface area contributed by atoms with Crippen molar-refractivity contribution in [2.45, 2.75) is 44.1 Å². The van der Waals surface area contributed by atoms with Crippen molar-refractivity contribution in [1.29, 1.82) is 0 Å². The maximum atomic E-state index is 10.8. The van der Waals surface area contributed by atoms with Crippen molar-refractivity contribution in [3.63, 3.8) is 0 Å². The summed E-state index contributed by atoms with van der Waals surface area (Å²) in [5, 5.41) is 9.65. The Bertz CT molecular complexity index is 148. The van der Waals surface area contributed by atoms with Crippen LogP contribution in [0.2, 0.25) is 0 Å². The third-order valence-corrected chi connectivity index (χ3v) is 2.39. The van der Waals surface area contributed by atoms with Crippen molar-refractivity contribution >= 4 is 5.91 Å². The van der Waals surface area contributed by atoms with Gasteiger partial charge in [-0.15, -0.1) is 0 Å². The van der Waals surface area contributed by atoms with E-state index in [9.17, 15) is 9.90 Å². The van der Waals surface area contributed by atoms with Crippen LogP contribution in [0.3, 0.4) is 0 Å². The molecule has 11 heavy (non-hydrogen) atoms. The molecular formula is C8H15NO2. The highest BCUT2D eigenvalue weighted by Crippen LogP contribution is 2.26. The Morgan fingerprint density at radius 1 is 1.18 bits per heavy atom. The van der Waals surface area contributed by atoms with Crippen LogP contribution in [-0.4, -0.2) is 16.6 Å². The van der Waals surface area contributed by atoms with E-state index in [-0.39, 0.29) is 0 Å². The lowest BCUT2D eigenvalue weighted by Gasteiger charge is -2.21. The van der Waals surface area contributed by atoms with Gasteiger partial charge in [0.15, 0.2) is 0 Å². The molecule has 1 amide bonds. The van der Waals surface area contributed by atoms with Crippen molar-refractivity contribution < 1.29 is 9.90 Å². The Labute approximate surface area is 66.6 Å². The molecule has 0 aromatic rings. The highest BCUT2D eigenvalue weighted by atomic mass is 16.3. The summed E-state index contributed by atoms with van der Waals surface area (Å²) in [7, 11) is 0. The Morgan fingerprint density at radius 3 is 2.00 bits per heavy atom. The van der Waals surface area contributed by atoms with Crippen LogP contribution in [0, 0.1) is 0 Å². The second-order valence-electron chi connectivity index (χ2n) is 3.31. The Kier molecular flexibility index (Phi) is 2.49. The second-order valence-corrected chi connectivity index (χ2v) is 3.31. The minimum absolute atomic E-state index is 0.544. The first-order valence-electron chi connectivity index (χ1n) is 4.17. The van der Waals surface area contributed by atoms with Gasteiger partial charge in [0.05, 0.1) is 0 Å². The summed E-state index contributed by atoms with van der Waals surface area (Å²) in [6, 6.07) is 0. The van der Waals surface area contributed by atoms with Crippen molar-refractivity contribution in [1.82, 2.24) is 0 Å². The molecule has 0 aromatic heterocycles. The number of hydrogen-bond acceptors (Lipinski definition) is 2. The fourth-order valence-electron chi connectivity index (χ4n) is 1.56. The van der Waals surface area contributed by atoms with Gasteiger partial charge in [-0.05, 0) is 12.8 Å². The fourth-order valence-corrected chi connectivity index (χ4v) is 1.56. The molecule has 0 spiro atoms. The zero-order valence-corrected chi connectivity index (χ0v) is 6.68. The molecule has 1 rings (SSSR count). The van der Waals surface area contributed by atoms with Crippen LogP contribution >= 0.6 is 0 Å². The fraction of sp³-hybridized carbons (Fsp3) is 0.875. The molecule has 1 aliphatic rings. The molecule has 64 valence electrons. The number of aliphatic hydroxyl groups is 1. The first kappa shape index (κ1) is 8.53. The molecule has 0 radical (unpaired) electrons. The molecule has 3 nitrogen and oxygen atoms in total. The van der Waals surface area contributed by atoms with E-state index in [1.165, 1.54) is 0 Å². The van der Waals surface area contributed by atoms with Gasteiger partial charge in [0.2, 0.25) is 5.91 Å². The third-order valence-electron chi connectivity index (χ3n) is 2.39. The number of amides is 1. The molecule has 1 fully saturated rings. The average molecular weight is 157 g/mol. The van der Waals surface area contributed by atoms with Crippen LogP contribution in [0.1, 0.15) is 38.5 Å². The minimum Gasteiger partial charge on any atom is -0.380 e. The molecule has 0 aliphatic heterocycles. The molecular weight excluding hydrogens is 142 g/mol. The molecule has 0 heterocycles. The van der Waals surface area contributed by atoms with Gasteiger partial charge in [-0.3, -0.25) is 4.79 Å². The Hall–Kier alpha value is -0.570. The van der Waals surface area contributed by atoms with Gasteiger partial charge in [-0.1, -0.05) is 25.7 Å². The van der Waals surface area contributed by atoms with Gasteiger partial charge in [-0.25, -0.2) is 0 Å². The van der Waals surface area contributed by atoms with E-state index < -0.39 is 11.5 Å². The van der Waals surface area contributed by atoms with E-state index in [2.05, 4.69) is 0 Å². The number of nitrogens with two attached hydrogens (primary N) is 1. The molecule has 0 bridgehead atoms. The SMILES string of the molecule is NC(=O)C1(O)CCCCCC1. The maximum Gasteiger partial charge on any atom is 0.249 e. The standard InChI is InChI=1S/C8H15NO2/c9-7(10)8(11)5-3-1-2-4-6-8/h11H,1-6H2,(H2,9,10). The first-order chi connectivity index (χ1) is 5.15. The Morgan fingerprint density at radius 2 is 1.64 bits per heavy atom. The number of rotatable bonds is 1. The van der Waals surface area contributed by atoms with Crippen LogP contribution in [-0.2, 0) is 4.79 Å². The summed E-state index contributed by atoms with van der Waals surface area (Å²) in [5.41, 5.74) is 3.88. The normalized spacial score (nSPS) is 24.1. The lowest BCUT2D eigenvalue weighted by Crippen LogP contribution is -2.43. The van der Waals surface area contributed by atoms with Gasteiger partial charge >= 0.3 is 0 Å². The molecule has 1 saturated carbocycles. The summed E-state index contributed by atoms with van der Waals surface area (Å²) in [5.74, 6) is -0.556. The minimum atomic E-state index is -1.20. The van der Waals surface area contributed by atoms with Crippen LogP contribution in [0.25, 0.3) is 0 Å². The van der Waals surface area contributed by atoms with Gasteiger partial charge < -0.3 is 10.8 Å². The quantitative estimate of drug-likeness (QED) is 0.546. The van der Waals surface area contributed by atoms with E-state index in [0.717, 1.165) is 25.7 Å². The monoisotopic (exact) mass is 157 g/mol. The van der Waals surface area contributed by atoms with E-state index in [0.29, 0.717) is 12.8 Å². The molecule has 0 aromatic carbocycles. The van der Waals surface area contributed by atoms with Gasteiger partial charge in [0, 0.05) is 0 Å². The van der Waals surface area contributed by atoms with E-state index in [4.69, 9.17) is 5.73 Å². The number of primary amides is 1. The zero-order chi connectivity index (χ0) is 8.32. The van der Waals surface area contributed by atoms with Crippen LogP contribution < -0.4 is 5.73 Å². The summed E-state index contributed by atoms with van der Waals surface area (Å²) in [6.07, 6.45) is 5.13. The first-order valence-corrected chi connectivity index (χ1v) is 4.17. The van der Waals surface area contributed by atoms with Gasteiger partial charge in [-0.2, -0.15) is 0 Å². The lowest BCUT2D eigenvalue weighted by atomic mass is 9.94. The van der Waals surface area contributed by atoms with Crippen molar-refractivity contribution in [2.24, 2.45) is 5.73 Å². The summed E-state index contributed by atoms with van der Waals surface area (Å²) in [6.45, 7) is 0. The highest BCUT2D eigenvalue weighted by Gasteiger charge is 2.33. The molecule has 0 atom stereocenters. The third kappa shape index (κ3) is 1.93. The maximum absolute atomic E-state index is 10.8. The molecule has 3 N–H and O–H groups in total. The van der Waals surface area contributed by atoms with Crippen molar-refractivity contribution in [3.05, 3.63) is 0 Å². The predicted octanol–water partition coefficient (Wildman–Crippen LogP) is 0.557. The summed E-state index contributed by atoms with van der Waals surface area (Å²) >= 11 is 0. The zero-order valence-electron chi connectivity index (χ0n) is 6.68. The second kappa shape index (κ2) is 3.22. The largest absolute Gasteiger partial charge is 0.380 e. The molecule has 0 unspecified atom stereocenters. The molecule has 0 saturated heterocycles. The van der Waals surface area contributed by atoms with E-state index in [1.807, 2.05) is 0 Å². The number of hydrogen-bond donors (Lipinski definition) is 2. The number of carbonyl (C=O) groups is 1. The average Bonchev–Trinajstić information content (AvgIpc) is 2.15. The number of carbonyl (C=O) groups excluding carboxylic acids is 1. The van der Waals surface area contributed by atoms with Gasteiger partial charge in [0.25, 0.3) is 0 Å². The summed E-state index contributed by atoms with van der Waals surface area (Å²) < 4.78 is 0.